The molecule has 1 aromatic rings. The van der Waals surface area contributed by atoms with Crippen molar-refractivity contribution < 1.29 is 13.2 Å². The molecule has 1 atom stereocenters. The van der Waals surface area contributed by atoms with Gasteiger partial charge >= 0.3 is 0 Å². The van der Waals surface area contributed by atoms with Gasteiger partial charge in [0.15, 0.2) is 14.9 Å². The van der Waals surface area contributed by atoms with Crippen molar-refractivity contribution in [3.63, 3.8) is 0 Å². The molecule has 0 saturated carbocycles. The lowest BCUT2D eigenvalue weighted by atomic mass is 10.4. The van der Waals surface area contributed by atoms with Crippen molar-refractivity contribution in [1.29, 1.82) is 0 Å². The molecule has 0 amide bonds. The molecule has 0 aliphatic carbocycles. The summed E-state index contributed by atoms with van der Waals surface area (Å²) in [4.78, 5) is 3.77. The van der Waals surface area contributed by atoms with Crippen molar-refractivity contribution >= 4 is 15.5 Å². The third kappa shape index (κ3) is 2.90. The van der Waals surface area contributed by atoms with Gasteiger partial charge in [-0.25, -0.2) is 13.4 Å². The maximum Gasteiger partial charge on any atom is 0.200 e. The zero-order chi connectivity index (χ0) is 11.5. The summed E-state index contributed by atoms with van der Waals surface area (Å²) < 4.78 is 28.5. The Hall–Kier alpha value is -1.14. The first-order valence-corrected chi connectivity index (χ1v) is 6.08. The highest BCUT2D eigenvalue weighted by molar-refractivity contribution is 7.91. The van der Waals surface area contributed by atoms with E-state index in [0.717, 1.165) is 0 Å². The second-order valence-electron chi connectivity index (χ2n) is 3.23. The number of nitrogens with zero attached hydrogens (tertiary/aromatic N) is 1. The molecular formula is C9H14N2O3S. The first-order valence-electron chi connectivity index (χ1n) is 4.43. The first-order chi connectivity index (χ1) is 6.97. The third-order valence-electron chi connectivity index (χ3n) is 1.95. The second kappa shape index (κ2) is 4.59. The van der Waals surface area contributed by atoms with E-state index in [9.17, 15) is 8.42 Å². The first kappa shape index (κ1) is 11.9. The predicted molar refractivity (Wildman–Crippen MR) is 57.2 cm³/mol. The lowest BCUT2D eigenvalue weighted by Crippen LogP contribution is -2.21. The number of nitrogens with two attached hydrogens (primary N) is 1. The van der Waals surface area contributed by atoms with Crippen LogP contribution in [0.2, 0.25) is 0 Å². The van der Waals surface area contributed by atoms with E-state index in [1.807, 2.05) is 0 Å². The molecule has 0 aliphatic heterocycles. The number of nitrogen functional groups attached to an aromatic ring is 1. The molecule has 15 heavy (non-hydrogen) atoms. The van der Waals surface area contributed by atoms with E-state index in [4.69, 9.17) is 10.5 Å². The van der Waals surface area contributed by atoms with Crippen molar-refractivity contribution in [2.75, 3.05) is 18.6 Å². The average Bonchev–Trinajstić information content (AvgIpc) is 2.17. The Kier molecular flexibility index (Phi) is 3.65. The fraction of sp³-hybridized carbons (Fsp3) is 0.444. The fourth-order valence-corrected chi connectivity index (χ4v) is 2.68. The van der Waals surface area contributed by atoms with Crippen LogP contribution in [0.1, 0.15) is 6.92 Å². The second-order valence-corrected chi connectivity index (χ2v) is 5.18. The minimum absolute atomic E-state index is 0.0751. The molecule has 0 aromatic carbocycles. The Morgan fingerprint density at radius 2 is 2.27 bits per heavy atom. The van der Waals surface area contributed by atoms with Gasteiger partial charge in [-0.1, -0.05) is 0 Å². The molecule has 5 nitrogen and oxygen atoms in total. The van der Waals surface area contributed by atoms with Gasteiger partial charge in [-0.3, -0.25) is 0 Å². The number of aromatic nitrogens is 1. The molecule has 0 spiro atoms. The molecular weight excluding hydrogens is 216 g/mol. The topological polar surface area (TPSA) is 82.3 Å². The molecule has 2 N–H and O–H groups in total. The van der Waals surface area contributed by atoms with Crippen LogP contribution in [0.3, 0.4) is 0 Å². The molecule has 0 radical (unpaired) electrons. The van der Waals surface area contributed by atoms with E-state index >= 15 is 0 Å². The highest BCUT2D eigenvalue weighted by Crippen LogP contribution is 2.16. The summed E-state index contributed by atoms with van der Waals surface area (Å²) in [7, 11) is -2.00. The van der Waals surface area contributed by atoms with E-state index in [2.05, 4.69) is 4.98 Å². The lowest BCUT2D eigenvalue weighted by molar-refractivity contribution is 0.136. The van der Waals surface area contributed by atoms with Gasteiger partial charge in [0, 0.05) is 13.3 Å². The lowest BCUT2D eigenvalue weighted by Gasteiger charge is -2.10. The van der Waals surface area contributed by atoms with E-state index < -0.39 is 9.84 Å². The minimum Gasteiger partial charge on any atom is -0.396 e. The van der Waals surface area contributed by atoms with Gasteiger partial charge in [-0.05, 0) is 19.1 Å². The number of sulfone groups is 1. The minimum atomic E-state index is -3.46. The summed E-state index contributed by atoms with van der Waals surface area (Å²) in [5.74, 6) is -0.120. The zero-order valence-corrected chi connectivity index (χ0v) is 9.49. The predicted octanol–water partition coefficient (Wildman–Crippen LogP) is 0.472. The van der Waals surface area contributed by atoms with Gasteiger partial charge in [0.1, 0.15) is 0 Å². The summed E-state index contributed by atoms with van der Waals surface area (Å²) in [6.07, 6.45) is 1.03. The van der Waals surface area contributed by atoms with Crippen LogP contribution in [-0.4, -0.2) is 32.4 Å². The molecule has 0 aliphatic rings. The summed E-state index contributed by atoms with van der Waals surface area (Å²) in [5, 5.41) is -0.0751. The van der Waals surface area contributed by atoms with Crippen molar-refractivity contribution in [3.05, 3.63) is 18.3 Å². The van der Waals surface area contributed by atoms with Crippen LogP contribution in [-0.2, 0) is 14.6 Å². The summed E-state index contributed by atoms with van der Waals surface area (Å²) >= 11 is 0. The average molecular weight is 230 g/mol. The van der Waals surface area contributed by atoms with Gasteiger partial charge < -0.3 is 10.5 Å². The quantitative estimate of drug-likeness (QED) is 0.813. The Bertz CT molecular complexity index is 431. The van der Waals surface area contributed by atoms with Crippen LogP contribution >= 0.6 is 0 Å². The van der Waals surface area contributed by atoms with Crippen LogP contribution in [0.5, 0.6) is 0 Å². The largest absolute Gasteiger partial charge is 0.396 e. The summed E-state index contributed by atoms with van der Waals surface area (Å²) in [6, 6.07) is 3.10. The maximum atomic E-state index is 11.8. The van der Waals surface area contributed by atoms with Crippen molar-refractivity contribution in [1.82, 2.24) is 4.98 Å². The van der Waals surface area contributed by atoms with Gasteiger partial charge in [0.05, 0.1) is 17.5 Å². The normalized spacial score (nSPS) is 13.7. The van der Waals surface area contributed by atoms with Crippen LogP contribution in [0.4, 0.5) is 5.69 Å². The molecule has 6 heteroatoms. The Balaban J connectivity index is 3.02. The van der Waals surface area contributed by atoms with Crippen LogP contribution in [0, 0.1) is 0 Å². The molecule has 0 saturated heterocycles. The Morgan fingerprint density at radius 3 is 2.80 bits per heavy atom. The Morgan fingerprint density at radius 1 is 1.60 bits per heavy atom. The number of anilines is 1. The van der Waals surface area contributed by atoms with Gasteiger partial charge in [0.25, 0.3) is 0 Å². The van der Waals surface area contributed by atoms with Gasteiger partial charge in [-0.15, -0.1) is 0 Å². The number of methoxy groups -OCH3 is 1. The molecule has 0 bridgehead atoms. The Labute approximate surface area is 89.2 Å². The molecule has 0 fully saturated rings. The summed E-state index contributed by atoms with van der Waals surface area (Å²) in [6.45, 7) is 1.68. The van der Waals surface area contributed by atoms with E-state index in [1.165, 1.54) is 19.4 Å². The number of rotatable bonds is 4. The van der Waals surface area contributed by atoms with Crippen molar-refractivity contribution in [2.45, 2.75) is 18.1 Å². The SMILES string of the molecule is COC(C)CS(=O)(=O)c1ncccc1N. The molecule has 1 rings (SSSR count). The molecule has 1 aromatic heterocycles. The van der Waals surface area contributed by atoms with Crippen LogP contribution < -0.4 is 5.73 Å². The molecule has 1 heterocycles. The number of hydrogen-bond acceptors (Lipinski definition) is 5. The van der Waals surface area contributed by atoms with Crippen molar-refractivity contribution in [3.8, 4) is 0 Å². The van der Waals surface area contributed by atoms with Gasteiger partial charge in [-0.2, -0.15) is 0 Å². The van der Waals surface area contributed by atoms with Crippen LogP contribution in [0.25, 0.3) is 0 Å². The van der Waals surface area contributed by atoms with Crippen LogP contribution in [0.15, 0.2) is 23.4 Å². The smallest absolute Gasteiger partial charge is 0.200 e. The number of pyridine rings is 1. The molecule has 1 unspecified atom stereocenters. The monoisotopic (exact) mass is 230 g/mol. The van der Waals surface area contributed by atoms with E-state index in [1.54, 1.807) is 13.0 Å². The summed E-state index contributed by atoms with van der Waals surface area (Å²) in [5.41, 5.74) is 5.71. The van der Waals surface area contributed by atoms with Crippen molar-refractivity contribution in [2.24, 2.45) is 0 Å². The van der Waals surface area contributed by atoms with Gasteiger partial charge in [0.2, 0.25) is 0 Å². The zero-order valence-electron chi connectivity index (χ0n) is 8.67. The maximum absolute atomic E-state index is 11.8. The highest BCUT2D eigenvalue weighted by atomic mass is 32.2. The number of hydrogen-bond donors (Lipinski definition) is 1. The fourth-order valence-electron chi connectivity index (χ4n) is 1.12. The highest BCUT2D eigenvalue weighted by Gasteiger charge is 2.21. The third-order valence-corrected chi connectivity index (χ3v) is 3.79. The van der Waals surface area contributed by atoms with E-state index in [-0.39, 0.29) is 22.6 Å². The van der Waals surface area contributed by atoms with E-state index in [0.29, 0.717) is 0 Å². The standard InChI is InChI=1S/C9H14N2O3S/c1-7(14-2)6-15(12,13)9-8(10)4-3-5-11-9/h3-5,7H,6,10H2,1-2H3. The number of ether oxygens (including phenoxy) is 1. The molecule has 84 valence electrons.